The van der Waals surface area contributed by atoms with Crippen molar-refractivity contribution < 1.29 is 15.3 Å². The third kappa shape index (κ3) is 2.02. The molecule has 78 valence electrons. The third-order valence-corrected chi connectivity index (χ3v) is 2.85. The summed E-state index contributed by atoms with van der Waals surface area (Å²) in [6, 6.07) is 0. The molecule has 0 radical (unpaired) electrons. The fraction of sp³-hybridized carbons (Fsp3) is 1.00. The highest BCUT2D eigenvalue weighted by Crippen LogP contribution is 2.25. The van der Waals surface area contributed by atoms with E-state index in [0.717, 1.165) is 12.8 Å². The first-order valence-corrected chi connectivity index (χ1v) is 4.88. The summed E-state index contributed by atoms with van der Waals surface area (Å²) in [4.78, 5) is 0. The molecule has 1 fully saturated rings. The van der Waals surface area contributed by atoms with E-state index in [4.69, 9.17) is 0 Å². The van der Waals surface area contributed by atoms with Gasteiger partial charge in [-0.1, -0.05) is 19.8 Å². The molecule has 0 aliphatic carbocycles. The standard InChI is InChI=1S/C9H19NO3/c1-2-3-4-9(6-11)8(13)7(12)5-10-9/h7-8,10-13H,2-6H2,1H3/t7-,8+,9-/m1/s1. The molecule has 13 heavy (non-hydrogen) atoms. The number of unbranched alkanes of at least 4 members (excludes halogenated alkanes) is 1. The molecule has 0 aromatic carbocycles. The minimum absolute atomic E-state index is 0.120. The Hall–Kier alpha value is -0.160. The number of β-amino-alcohol motifs (C(OH)–C–C–N with tert-alkyl or cyclic N) is 1. The van der Waals surface area contributed by atoms with Crippen molar-refractivity contribution in [2.24, 2.45) is 0 Å². The highest BCUT2D eigenvalue weighted by molar-refractivity contribution is 5.04. The van der Waals surface area contributed by atoms with Crippen LogP contribution in [0.25, 0.3) is 0 Å². The molecule has 4 heteroatoms. The van der Waals surface area contributed by atoms with E-state index in [1.807, 2.05) is 0 Å². The van der Waals surface area contributed by atoms with Crippen LogP contribution < -0.4 is 5.32 Å². The second-order valence-corrected chi connectivity index (χ2v) is 3.81. The summed E-state index contributed by atoms with van der Waals surface area (Å²) in [5, 5.41) is 31.2. The van der Waals surface area contributed by atoms with Crippen molar-refractivity contribution in [1.29, 1.82) is 0 Å². The maximum atomic E-state index is 9.66. The molecule has 0 amide bonds. The Balaban J connectivity index is 2.58. The summed E-state index contributed by atoms with van der Waals surface area (Å²) in [5.74, 6) is 0. The van der Waals surface area contributed by atoms with E-state index in [1.165, 1.54) is 0 Å². The Morgan fingerprint density at radius 1 is 1.46 bits per heavy atom. The summed E-state index contributed by atoms with van der Waals surface area (Å²) in [6.45, 7) is 2.31. The summed E-state index contributed by atoms with van der Waals surface area (Å²) in [7, 11) is 0. The summed E-state index contributed by atoms with van der Waals surface area (Å²) in [6.07, 6.45) is 1.08. The molecule has 0 spiro atoms. The van der Waals surface area contributed by atoms with Crippen LogP contribution in [0.2, 0.25) is 0 Å². The number of rotatable bonds is 4. The van der Waals surface area contributed by atoms with E-state index in [-0.39, 0.29) is 6.61 Å². The maximum Gasteiger partial charge on any atom is 0.101 e. The topological polar surface area (TPSA) is 72.7 Å². The second kappa shape index (κ2) is 4.37. The summed E-state index contributed by atoms with van der Waals surface area (Å²) in [5.41, 5.74) is -0.671. The van der Waals surface area contributed by atoms with Gasteiger partial charge >= 0.3 is 0 Å². The first kappa shape index (κ1) is 10.9. The van der Waals surface area contributed by atoms with Gasteiger partial charge in [0.2, 0.25) is 0 Å². The molecule has 1 saturated heterocycles. The normalized spacial score (nSPS) is 39.7. The lowest BCUT2D eigenvalue weighted by molar-refractivity contribution is -0.0128. The minimum atomic E-state index is -0.843. The van der Waals surface area contributed by atoms with Gasteiger partial charge in [-0.15, -0.1) is 0 Å². The lowest BCUT2D eigenvalue weighted by Gasteiger charge is -2.31. The summed E-state index contributed by atoms with van der Waals surface area (Å²) >= 11 is 0. The predicted octanol–water partition coefficient (Wildman–Crippen LogP) is -0.767. The van der Waals surface area contributed by atoms with Crippen molar-refractivity contribution in [1.82, 2.24) is 5.32 Å². The van der Waals surface area contributed by atoms with Crippen molar-refractivity contribution in [2.75, 3.05) is 13.2 Å². The van der Waals surface area contributed by atoms with E-state index in [2.05, 4.69) is 12.2 Å². The zero-order chi connectivity index (χ0) is 9.90. The molecular weight excluding hydrogens is 170 g/mol. The molecule has 0 aromatic heterocycles. The number of aliphatic hydroxyl groups excluding tert-OH is 3. The fourth-order valence-corrected chi connectivity index (χ4v) is 1.85. The van der Waals surface area contributed by atoms with Crippen LogP contribution in [0.5, 0.6) is 0 Å². The van der Waals surface area contributed by atoms with Crippen LogP contribution in [0.1, 0.15) is 26.2 Å². The molecule has 0 unspecified atom stereocenters. The highest BCUT2D eigenvalue weighted by atomic mass is 16.3. The number of aliphatic hydroxyl groups is 3. The molecule has 1 rings (SSSR count). The van der Waals surface area contributed by atoms with Gasteiger partial charge < -0.3 is 20.6 Å². The van der Waals surface area contributed by atoms with Crippen molar-refractivity contribution in [3.05, 3.63) is 0 Å². The van der Waals surface area contributed by atoms with Crippen molar-refractivity contribution in [3.8, 4) is 0 Å². The van der Waals surface area contributed by atoms with Gasteiger partial charge in [-0.05, 0) is 6.42 Å². The second-order valence-electron chi connectivity index (χ2n) is 3.81. The Bertz CT molecular complexity index is 165. The van der Waals surface area contributed by atoms with E-state index >= 15 is 0 Å². The Labute approximate surface area is 78.6 Å². The molecule has 4 nitrogen and oxygen atoms in total. The zero-order valence-corrected chi connectivity index (χ0v) is 8.03. The fourth-order valence-electron chi connectivity index (χ4n) is 1.85. The SMILES string of the molecule is CCCC[C@]1(CO)NC[C@@H](O)[C@@H]1O. The predicted molar refractivity (Wildman–Crippen MR) is 49.4 cm³/mol. The largest absolute Gasteiger partial charge is 0.394 e. The monoisotopic (exact) mass is 189 g/mol. The van der Waals surface area contributed by atoms with Gasteiger partial charge in [-0.25, -0.2) is 0 Å². The van der Waals surface area contributed by atoms with Gasteiger partial charge in [0.1, 0.15) is 6.10 Å². The average Bonchev–Trinajstić information content (AvgIpc) is 2.43. The van der Waals surface area contributed by atoms with E-state index in [9.17, 15) is 15.3 Å². The van der Waals surface area contributed by atoms with Crippen LogP contribution in [-0.2, 0) is 0 Å². The molecule has 0 aromatic rings. The number of hydrogen-bond donors (Lipinski definition) is 4. The minimum Gasteiger partial charge on any atom is -0.394 e. The molecule has 4 N–H and O–H groups in total. The quantitative estimate of drug-likeness (QED) is 0.469. The van der Waals surface area contributed by atoms with Crippen LogP contribution in [0.4, 0.5) is 0 Å². The first-order chi connectivity index (χ1) is 6.16. The maximum absolute atomic E-state index is 9.66. The number of nitrogens with one attached hydrogen (secondary N) is 1. The lowest BCUT2D eigenvalue weighted by Crippen LogP contribution is -2.52. The van der Waals surface area contributed by atoms with E-state index < -0.39 is 17.7 Å². The smallest absolute Gasteiger partial charge is 0.101 e. The Kier molecular flexibility index (Phi) is 3.67. The Morgan fingerprint density at radius 3 is 2.54 bits per heavy atom. The van der Waals surface area contributed by atoms with Gasteiger partial charge in [0.25, 0.3) is 0 Å². The molecule has 1 aliphatic rings. The third-order valence-electron chi connectivity index (χ3n) is 2.85. The highest BCUT2D eigenvalue weighted by Gasteiger charge is 2.45. The first-order valence-electron chi connectivity index (χ1n) is 4.88. The van der Waals surface area contributed by atoms with E-state index in [0.29, 0.717) is 13.0 Å². The van der Waals surface area contributed by atoms with Crippen LogP contribution in [-0.4, -0.2) is 46.2 Å². The number of hydrogen-bond acceptors (Lipinski definition) is 4. The molecular formula is C9H19NO3. The van der Waals surface area contributed by atoms with Crippen molar-refractivity contribution >= 4 is 0 Å². The van der Waals surface area contributed by atoms with Crippen molar-refractivity contribution in [3.63, 3.8) is 0 Å². The van der Waals surface area contributed by atoms with Gasteiger partial charge in [-0.3, -0.25) is 0 Å². The molecule has 1 heterocycles. The Morgan fingerprint density at radius 2 is 2.15 bits per heavy atom. The van der Waals surface area contributed by atoms with Crippen LogP contribution in [0, 0.1) is 0 Å². The molecule has 0 saturated carbocycles. The molecule has 1 aliphatic heterocycles. The van der Waals surface area contributed by atoms with Gasteiger partial charge in [0.15, 0.2) is 0 Å². The van der Waals surface area contributed by atoms with Crippen LogP contribution in [0.15, 0.2) is 0 Å². The lowest BCUT2D eigenvalue weighted by atomic mass is 9.88. The van der Waals surface area contributed by atoms with Gasteiger partial charge in [0.05, 0.1) is 18.2 Å². The van der Waals surface area contributed by atoms with Crippen LogP contribution >= 0.6 is 0 Å². The molecule has 0 bridgehead atoms. The zero-order valence-electron chi connectivity index (χ0n) is 8.03. The summed E-state index contributed by atoms with van der Waals surface area (Å²) < 4.78 is 0. The molecule has 3 atom stereocenters. The van der Waals surface area contributed by atoms with Gasteiger partial charge in [0, 0.05) is 6.54 Å². The van der Waals surface area contributed by atoms with Crippen LogP contribution in [0.3, 0.4) is 0 Å². The van der Waals surface area contributed by atoms with Crippen molar-refractivity contribution in [2.45, 2.75) is 43.9 Å². The van der Waals surface area contributed by atoms with E-state index in [1.54, 1.807) is 0 Å². The van der Waals surface area contributed by atoms with Gasteiger partial charge in [-0.2, -0.15) is 0 Å². The average molecular weight is 189 g/mol.